The molecule has 2 aromatic carbocycles. The van der Waals surface area contributed by atoms with Gasteiger partial charge >= 0.3 is 36.0 Å². The zero-order chi connectivity index (χ0) is 38.3. The van der Waals surface area contributed by atoms with Crippen molar-refractivity contribution >= 4 is 23.0 Å². The van der Waals surface area contributed by atoms with Crippen LogP contribution in [0.5, 0.6) is 0 Å². The number of amidine groups is 2. The fourth-order valence-corrected chi connectivity index (χ4v) is 4.65. The summed E-state index contributed by atoms with van der Waals surface area (Å²) < 4.78 is 201. The Bertz CT molecular complexity index is 1480. The van der Waals surface area contributed by atoms with Gasteiger partial charge in [-0.25, -0.2) is 9.98 Å². The van der Waals surface area contributed by atoms with Crippen molar-refractivity contribution in [3.8, 4) is 0 Å². The van der Waals surface area contributed by atoms with Crippen LogP contribution in [0.25, 0.3) is 0 Å². The number of alkyl halides is 14. The summed E-state index contributed by atoms with van der Waals surface area (Å²) >= 11 is 0. The number of hydrogen-bond acceptors (Lipinski definition) is 1. The molecule has 0 amide bonds. The maximum absolute atomic E-state index is 15.6. The first-order valence-corrected chi connectivity index (χ1v) is 14.8. The summed E-state index contributed by atoms with van der Waals surface area (Å²) in [5, 5.41) is 1.53. The van der Waals surface area contributed by atoms with E-state index < -0.39 is 82.8 Å². The molecular formula is C32H35F14N3. The highest BCUT2D eigenvalue weighted by Gasteiger charge is 2.77. The Kier molecular flexibility index (Phi) is 12.0. The van der Waals surface area contributed by atoms with E-state index in [0.29, 0.717) is 0 Å². The van der Waals surface area contributed by atoms with Crippen LogP contribution in [-0.4, -0.2) is 47.7 Å². The van der Waals surface area contributed by atoms with Crippen LogP contribution in [0.1, 0.15) is 101 Å². The van der Waals surface area contributed by atoms with E-state index in [-0.39, 0.29) is 22.3 Å². The molecule has 0 aliphatic heterocycles. The first kappa shape index (κ1) is 41.8. The highest BCUT2D eigenvalue weighted by atomic mass is 19.4. The number of halogens is 14. The van der Waals surface area contributed by atoms with Crippen molar-refractivity contribution in [3.05, 3.63) is 58.7 Å². The van der Waals surface area contributed by atoms with Gasteiger partial charge in [-0.3, -0.25) is 0 Å². The number of nitrogens with zero attached hydrogens (tertiary/aromatic N) is 2. The number of aliphatic imine (C=N–C) groups is 2. The largest absolute Gasteiger partial charge is 0.460 e. The molecule has 0 radical (unpaired) electrons. The lowest BCUT2D eigenvalue weighted by Gasteiger charge is -2.32. The van der Waals surface area contributed by atoms with Crippen molar-refractivity contribution in [1.82, 2.24) is 0 Å². The molecule has 2 rings (SSSR count). The molecule has 2 aromatic rings. The maximum Gasteiger partial charge on any atom is 0.460 e. The van der Waals surface area contributed by atoms with E-state index in [0.717, 1.165) is 0 Å². The lowest BCUT2D eigenvalue weighted by molar-refractivity contribution is -0.337. The lowest BCUT2D eigenvalue weighted by Crippen LogP contribution is -2.59. The van der Waals surface area contributed by atoms with Gasteiger partial charge in [-0.15, -0.1) is 0 Å². The Morgan fingerprint density at radius 1 is 0.510 bits per heavy atom. The molecule has 17 heteroatoms. The summed E-state index contributed by atoms with van der Waals surface area (Å²) in [4.78, 5) is 5.67. The van der Waals surface area contributed by atoms with Gasteiger partial charge in [-0.2, -0.15) is 61.5 Å². The normalized spacial score (nSPS) is 14.9. The molecule has 0 saturated heterocycles. The third-order valence-electron chi connectivity index (χ3n) is 7.47. The standard InChI is InChI=1S/C32H35F14N3/c1-15(2)19-11-9-12-20(16(3)4)23(19)47-25(27(33,34)29(37,38)31(41,42)43)49-26(28(35,36)30(39,40)32(44,45)46)48-24-21(17(5)6)13-10-14-22(24)18(7)8/h9-18H,1-8H3,(H,47,48,49). The Morgan fingerprint density at radius 3 is 1.16 bits per heavy atom. The van der Waals surface area contributed by atoms with Crippen molar-refractivity contribution in [3.63, 3.8) is 0 Å². The van der Waals surface area contributed by atoms with Crippen LogP contribution in [0.15, 0.2) is 46.4 Å². The second-order valence-corrected chi connectivity index (χ2v) is 12.5. The highest BCUT2D eigenvalue weighted by molar-refractivity contribution is 6.11. The molecule has 0 aliphatic carbocycles. The van der Waals surface area contributed by atoms with Crippen LogP contribution in [0.3, 0.4) is 0 Å². The van der Waals surface area contributed by atoms with E-state index in [1.165, 1.54) is 97.1 Å². The molecule has 0 fully saturated rings. The predicted molar refractivity (Wildman–Crippen MR) is 159 cm³/mol. The molecule has 0 saturated carbocycles. The van der Waals surface area contributed by atoms with Gasteiger partial charge in [0.1, 0.15) is 0 Å². The van der Waals surface area contributed by atoms with Gasteiger partial charge in [0.2, 0.25) is 5.84 Å². The third-order valence-corrected chi connectivity index (χ3v) is 7.47. The zero-order valence-electron chi connectivity index (χ0n) is 27.5. The number of anilines is 1. The molecule has 0 aliphatic rings. The minimum atomic E-state index is -7.14. The van der Waals surface area contributed by atoms with Gasteiger partial charge in [0.05, 0.1) is 5.69 Å². The zero-order valence-corrected chi connectivity index (χ0v) is 27.5. The van der Waals surface area contributed by atoms with Crippen LogP contribution in [-0.2, 0) is 0 Å². The Morgan fingerprint density at radius 2 is 0.837 bits per heavy atom. The van der Waals surface area contributed by atoms with Crippen LogP contribution < -0.4 is 5.32 Å². The summed E-state index contributed by atoms with van der Waals surface area (Å²) in [6.07, 6.45) is -14.2. The molecule has 0 atom stereocenters. The summed E-state index contributed by atoms with van der Waals surface area (Å²) in [7, 11) is 0. The monoisotopic (exact) mass is 727 g/mol. The second-order valence-electron chi connectivity index (χ2n) is 12.5. The molecular weight excluding hydrogens is 692 g/mol. The Labute approximate surface area is 273 Å². The summed E-state index contributed by atoms with van der Waals surface area (Å²) in [5.41, 5.74) is -1.69. The SMILES string of the molecule is CC(C)c1cccc(C(C)C)c1N=C(N=C(Nc1c(C(C)C)cccc1C(C)C)C(F)(F)C(F)(F)C(F)(F)F)C(F)(F)C(F)(F)C(F)(F)F. The van der Waals surface area contributed by atoms with E-state index in [1.54, 1.807) is 0 Å². The maximum atomic E-state index is 15.6. The van der Waals surface area contributed by atoms with Crippen molar-refractivity contribution in [2.24, 2.45) is 9.98 Å². The molecule has 0 heterocycles. The van der Waals surface area contributed by atoms with Gasteiger partial charge in [0, 0.05) is 5.69 Å². The molecule has 49 heavy (non-hydrogen) atoms. The smallest absolute Gasteiger partial charge is 0.338 e. The highest BCUT2D eigenvalue weighted by Crippen LogP contribution is 2.51. The molecule has 0 unspecified atom stereocenters. The summed E-state index contributed by atoms with van der Waals surface area (Å²) in [5.74, 6) is -36.6. The Balaban J connectivity index is 3.33. The van der Waals surface area contributed by atoms with E-state index in [4.69, 9.17) is 0 Å². The van der Waals surface area contributed by atoms with Gasteiger partial charge in [0.15, 0.2) is 5.84 Å². The average Bonchev–Trinajstić information content (AvgIpc) is 2.94. The quantitative estimate of drug-likeness (QED) is 0.148. The molecule has 0 bridgehead atoms. The fourth-order valence-electron chi connectivity index (χ4n) is 4.65. The van der Waals surface area contributed by atoms with Gasteiger partial charge in [-0.05, 0) is 45.9 Å². The van der Waals surface area contributed by atoms with Crippen molar-refractivity contribution < 1.29 is 61.5 Å². The predicted octanol–water partition coefficient (Wildman–Crippen LogP) is 12.4. The van der Waals surface area contributed by atoms with E-state index >= 15 is 17.6 Å². The number of para-hydroxylation sites is 2. The first-order valence-electron chi connectivity index (χ1n) is 14.8. The van der Waals surface area contributed by atoms with Crippen molar-refractivity contribution in [2.75, 3.05) is 5.32 Å². The van der Waals surface area contributed by atoms with Gasteiger partial charge in [0.25, 0.3) is 0 Å². The fraction of sp³-hybridized carbons (Fsp3) is 0.562. The molecule has 276 valence electrons. The Hall–Kier alpha value is -3.40. The first-order chi connectivity index (χ1) is 21.9. The minimum absolute atomic E-state index is 0.0526. The minimum Gasteiger partial charge on any atom is -0.338 e. The van der Waals surface area contributed by atoms with Crippen LogP contribution in [0, 0.1) is 0 Å². The molecule has 0 spiro atoms. The lowest BCUT2D eigenvalue weighted by atomic mass is 9.92. The van der Waals surface area contributed by atoms with Crippen molar-refractivity contribution in [1.29, 1.82) is 0 Å². The van der Waals surface area contributed by atoms with E-state index in [1.807, 2.05) is 0 Å². The molecule has 1 N–H and O–H groups in total. The van der Waals surface area contributed by atoms with Crippen LogP contribution in [0.4, 0.5) is 72.8 Å². The van der Waals surface area contributed by atoms with Crippen LogP contribution in [0.2, 0.25) is 0 Å². The van der Waals surface area contributed by atoms with E-state index in [9.17, 15) is 43.9 Å². The number of rotatable bonds is 10. The van der Waals surface area contributed by atoms with E-state index in [2.05, 4.69) is 9.98 Å². The number of nitrogens with one attached hydrogen (secondary N) is 1. The number of benzene rings is 2. The second kappa shape index (κ2) is 14.1. The average molecular weight is 728 g/mol. The third kappa shape index (κ3) is 8.00. The van der Waals surface area contributed by atoms with Crippen LogP contribution >= 0.6 is 0 Å². The van der Waals surface area contributed by atoms with Gasteiger partial charge < -0.3 is 5.32 Å². The molecule has 3 nitrogen and oxygen atoms in total. The number of hydrogen-bond donors (Lipinski definition) is 1. The topological polar surface area (TPSA) is 36.8 Å². The van der Waals surface area contributed by atoms with Gasteiger partial charge in [-0.1, -0.05) is 91.8 Å². The molecule has 0 aromatic heterocycles. The van der Waals surface area contributed by atoms with Crippen molar-refractivity contribution in [2.45, 2.75) is 115 Å². The summed E-state index contributed by atoms with van der Waals surface area (Å²) in [6.45, 7) is 11.4. The summed E-state index contributed by atoms with van der Waals surface area (Å²) in [6, 6.07) is 7.51.